The topological polar surface area (TPSA) is 30.9 Å². The Labute approximate surface area is 117 Å². The Balaban J connectivity index is 1.99. The summed E-state index contributed by atoms with van der Waals surface area (Å²) in [5, 5.41) is 3.50. The van der Waals surface area contributed by atoms with E-state index < -0.39 is 0 Å². The van der Waals surface area contributed by atoms with Gasteiger partial charge in [0, 0.05) is 22.0 Å². The van der Waals surface area contributed by atoms with E-state index in [1.54, 1.807) is 0 Å². The van der Waals surface area contributed by atoms with Crippen LogP contribution in [-0.4, -0.2) is 11.1 Å². The lowest BCUT2D eigenvalue weighted by Gasteiger charge is -2.02. The zero-order valence-electron chi connectivity index (χ0n) is 10.9. The highest BCUT2D eigenvalue weighted by atomic mass is 32.1. The van der Waals surface area contributed by atoms with E-state index in [0.29, 0.717) is 0 Å². The molecule has 0 amide bonds. The van der Waals surface area contributed by atoms with Crippen LogP contribution in [0, 0.1) is 0 Å². The van der Waals surface area contributed by atoms with Gasteiger partial charge in [0.25, 0.3) is 0 Å². The molecule has 0 aliphatic carbocycles. The van der Waals surface area contributed by atoms with Gasteiger partial charge in [0.1, 0.15) is 0 Å². The average Bonchev–Trinajstić information content (AvgIpc) is 3.06. The van der Waals surface area contributed by atoms with Crippen LogP contribution in [0.5, 0.6) is 0 Å². The van der Waals surface area contributed by atoms with Crippen molar-refractivity contribution in [3.63, 3.8) is 0 Å². The molecule has 2 heterocycles. The van der Waals surface area contributed by atoms with E-state index in [1.165, 1.54) is 21.3 Å². The molecule has 2 aromatic heterocycles. The van der Waals surface area contributed by atoms with Gasteiger partial charge >= 0.3 is 0 Å². The number of aromatic nitrogens is 1. The van der Waals surface area contributed by atoms with Gasteiger partial charge in [0.15, 0.2) is 0 Å². The SMILES string of the molecule is NCCCc1cn(Cc2cccs2)c2ccccc12. The number of hydrogen-bond acceptors (Lipinski definition) is 2. The van der Waals surface area contributed by atoms with Crippen LogP contribution in [0.1, 0.15) is 16.9 Å². The second-order valence-electron chi connectivity index (χ2n) is 4.77. The minimum absolute atomic E-state index is 0.754. The summed E-state index contributed by atoms with van der Waals surface area (Å²) in [6, 6.07) is 12.9. The zero-order chi connectivity index (χ0) is 13.1. The summed E-state index contributed by atoms with van der Waals surface area (Å²) >= 11 is 1.81. The van der Waals surface area contributed by atoms with Crippen LogP contribution in [0.25, 0.3) is 10.9 Å². The Kier molecular flexibility index (Phi) is 3.67. The lowest BCUT2D eigenvalue weighted by atomic mass is 10.1. The molecule has 0 atom stereocenters. The molecule has 0 saturated heterocycles. The van der Waals surface area contributed by atoms with Crippen molar-refractivity contribution >= 4 is 22.2 Å². The first kappa shape index (κ1) is 12.5. The molecule has 3 aromatic rings. The van der Waals surface area contributed by atoms with Crippen molar-refractivity contribution in [2.24, 2.45) is 5.73 Å². The molecule has 2 nitrogen and oxygen atoms in total. The number of aryl methyl sites for hydroxylation is 1. The lowest BCUT2D eigenvalue weighted by molar-refractivity contribution is 0.812. The van der Waals surface area contributed by atoms with Crippen LogP contribution in [0.4, 0.5) is 0 Å². The number of rotatable bonds is 5. The van der Waals surface area contributed by atoms with E-state index in [2.05, 4.69) is 52.5 Å². The molecule has 3 heteroatoms. The van der Waals surface area contributed by atoms with Crippen molar-refractivity contribution in [3.8, 4) is 0 Å². The van der Waals surface area contributed by atoms with Crippen molar-refractivity contribution < 1.29 is 0 Å². The molecule has 98 valence electrons. The maximum atomic E-state index is 5.63. The molecule has 0 bridgehead atoms. The largest absolute Gasteiger partial charge is 0.342 e. The summed E-state index contributed by atoms with van der Waals surface area (Å²) in [6.45, 7) is 1.71. The number of nitrogens with zero attached hydrogens (tertiary/aromatic N) is 1. The maximum Gasteiger partial charge on any atom is 0.0569 e. The molecular formula is C16H18N2S. The first-order valence-corrected chi connectivity index (χ1v) is 7.55. The second kappa shape index (κ2) is 5.59. The highest BCUT2D eigenvalue weighted by Crippen LogP contribution is 2.24. The monoisotopic (exact) mass is 270 g/mol. The van der Waals surface area contributed by atoms with Gasteiger partial charge in [0.2, 0.25) is 0 Å². The zero-order valence-corrected chi connectivity index (χ0v) is 11.7. The standard InChI is InChI=1S/C16H18N2S/c17-9-3-5-13-11-18(12-14-6-4-10-19-14)16-8-2-1-7-15(13)16/h1-2,4,6-8,10-11H,3,5,9,12,17H2. The smallest absolute Gasteiger partial charge is 0.0569 e. The number of hydrogen-bond donors (Lipinski definition) is 1. The number of para-hydroxylation sites is 1. The van der Waals surface area contributed by atoms with E-state index in [9.17, 15) is 0 Å². The molecule has 0 unspecified atom stereocenters. The molecule has 3 rings (SSSR count). The van der Waals surface area contributed by atoms with Gasteiger partial charge in [-0.25, -0.2) is 0 Å². The molecule has 1 aromatic carbocycles. The highest BCUT2D eigenvalue weighted by Gasteiger charge is 2.08. The molecule has 0 saturated carbocycles. The third kappa shape index (κ3) is 2.57. The van der Waals surface area contributed by atoms with Crippen LogP contribution in [0.2, 0.25) is 0 Å². The van der Waals surface area contributed by atoms with E-state index >= 15 is 0 Å². The van der Waals surface area contributed by atoms with Gasteiger partial charge in [-0.05, 0) is 42.5 Å². The van der Waals surface area contributed by atoms with Crippen LogP contribution in [0.3, 0.4) is 0 Å². The molecule has 0 radical (unpaired) electrons. The molecule has 2 N–H and O–H groups in total. The first-order chi connectivity index (χ1) is 9.38. The van der Waals surface area contributed by atoms with Crippen molar-refractivity contribution in [3.05, 3.63) is 58.4 Å². The maximum absolute atomic E-state index is 5.63. The molecule has 0 spiro atoms. The molecule has 0 aliphatic heterocycles. The van der Waals surface area contributed by atoms with Gasteiger partial charge in [-0.1, -0.05) is 24.3 Å². The van der Waals surface area contributed by atoms with Crippen LogP contribution in [-0.2, 0) is 13.0 Å². The fourth-order valence-corrected chi connectivity index (χ4v) is 3.22. The number of thiophene rings is 1. The van der Waals surface area contributed by atoms with Crippen LogP contribution < -0.4 is 5.73 Å². The van der Waals surface area contributed by atoms with Crippen molar-refractivity contribution in [2.45, 2.75) is 19.4 Å². The normalized spacial score (nSPS) is 11.2. The molecule has 0 aliphatic rings. The Bertz CT molecular complexity index is 653. The van der Waals surface area contributed by atoms with E-state index in [1.807, 2.05) is 11.3 Å². The minimum atomic E-state index is 0.754. The highest BCUT2D eigenvalue weighted by molar-refractivity contribution is 7.09. The summed E-state index contributed by atoms with van der Waals surface area (Å²) in [5.74, 6) is 0. The predicted molar refractivity (Wildman–Crippen MR) is 82.7 cm³/mol. The summed E-state index contributed by atoms with van der Waals surface area (Å²) in [6.07, 6.45) is 4.40. The number of nitrogens with two attached hydrogens (primary N) is 1. The van der Waals surface area contributed by atoms with Gasteiger partial charge in [-0.3, -0.25) is 0 Å². The quantitative estimate of drug-likeness (QED) is 0.754. The van der Waals surface area contributed by atoms with Gasteiger partial charge in [0.05, 0.1) is 6.54 Å². The Hall–Kier alpha value is -1.58. The summed E-state index contributed by atoms with van der Waals surface area (Å²) in [4.78, 5) is 1.39. The van der Waals surface area contributed by atoms with Gasteiger partial charge in [-0.2, -0.15) is 0 Å². The van der Waals surface area contributed by atoms with Crippen molar-refractivity contribution in [2.75, 3.05) is 6.54 Å². The summed E-state index contributed by atoms with van der Waals surface area (Å²) < 4.78 is 2.35. The molecule has 0 fully saturated rings. The van der Waals surface area contributed by atoms with E-state index in [0.717, 1.165) is 25.9 Å². The lowest BCUT2D eigenvalue weighted by Crippen LogP contribution is -2.00. The Morgan fingerprint density at radius 1 is 1.11 bits per heavy atom. The Morgan fingerprint density at radius 3 is 2.79 bits per heavy atom. The van der Waals surface area contributed by atoms with E-state index in [-0.39, 0.29) is 0 Å². The molecule has 19 heavy (non-hydrogen) atoms. The first-order valence-electron chi connectivity index (χ1n) is 6.67. The van der Waals surface area contributed by atoms with Crippen LogP contribution in [0.15, 0.2) is 48.0 Å². The Morgan fingerprint density at radius 2 is 2.00 bits per heavy atom. The average molecular weight is 270 g/mol. The minimum Gasteiger partial charge on any atom is -0.342 e. The van der Waals surface area contributed by atoms with Crippen LogP contribution >= 0.6 is 11.3 Å². The fourth-order valence-electron chi connectivity index (χ4n) is 2.52. The summed E-state index contributed by atoms with van der Waals surface area (Å²) in [5.41, 5.74) is 8.37. The van der Waals surface area contributed by atoms with Gasteiger partial charge < -0.3 is 10.3 Å². The molecular weight excluding hydrogens is 252 g/mol. The fraction of sp³-hybridized carbons (Fsp3) is 0.250. The number of benzene rings is 1. The van der Waals surface area contributed by atoms with Crippen molar-refractivity contribution in [1.29, 1.82) is 0 Å². The second-order valence-corrected chi connectivity index (χ2v) is 5.80. The number of fused-ring (bicyclic) bond motifs is 1. The van der Waals surface area contributed by atoms with Crippen molar-refractivity contribution in [1.82, 2.24) is 4.57 Å². The third-order valence-electron chi connectivity index (χ3n) is 3.43. The van der Waals surface area contributed by atoms with E-state index in [4.69, 9.17) is 5.73 Å². The predicted octanol–water partition coefficient (Wildman–Crippen LogP) is 3.64. The summed E-state index contributed by atoms with van der Waals surface area (Å²) in [7, 11) is 0. The van der Waals surface area contributed by atoms with Gasteiger partial charge in [-0.15, -0.1) is 11.3 Å². The third-order valence-corrected chi connectivity index (χ3v) is 4.29.